The smallest absolute Gasteiger partial charge is 0.173 e. The molecule has 3 nitrogen and oxygen atoms in total. The number of aryl methyl sites for hydroxylation is 3. The van der Waals surface area contributed by atoms with E-state index in [0.717, 1.165) is 26.4 Å². The second-order valence-electron chi connectivity index (χ2n) is 4.56. The molecule has 0 aliphatic rings. The Morgan fingerprint density at radius 1 is 1.11 bits per heavy atom. The highest BCUT2D eigenvalue weighted by atomic mass is 35.5. The first-order valence-electron chi connectivity index (χ1n) is 5.92. The van der Waals surface area contributed by atoms with E-state index >= 15 is 0 Å². The lowest BCUT2D eigenvalue weighted by molar-refractivity contribution is 1.22. The Hall–Kier alpha value is -1.52. The second-order valence-corrected chi connectivity index (χ2v) is 6.15. The van der Waals surface area contributed by atoms with Gasteiger partial charge in [-0.15, -0.1) is 11.3 Å². The minimum absolute atomic E-state index is 0.503. The molecule has 0 atom stereocenters. The van der Waals surface area contributed by atoms with Crippen LogP contribution in [0.4, 0.5) is 0 Å². The number of halogens is 1. The maximum atomic E-state index is 6.31. The van der Waals surface area contributed by atoms with Gasteiger partial charge in [-0.2, -0.15) is 0 Å². The summed E-state index contributed by atoms with van der Waals surface area (Å²) in [6, 6.07) is 4.13. The van der Waals surface area contributed by atoms with Crippen LogP contribution in [-0.2, 0) is 0 Å². The summed E-state index contributed by atoms with van der Waals surface area (Å²) in [6.45, 7) is 6.05. The predicted octanol–water partition coefficient (Wildman–Crippen LogP) is 4.33. The summed E-state index contributed by atoms with van der Waals surface area (Å²) in [5, 5.41) is 2.43. The molecule has 1 aromatic carbocycles. The molecule has 3 rings (SSSR count). The standard InChI is InChI=1S/C14H12ClN3S/c1-7-4-8(2)12-10(5-7)17-14(18-13(12)15)11-6-16-9(3)19-11/h4-6H,1-3H3. The fraction of sp³-hybridized carbons (Fsp3) is 0.214. The number of thiazole rings is 1. The summed E-state index contributed by atoms with van der Waals surface area (Å²) in [7, 11) is 0. The maximum Gasteiger partial charge on any atom is 0.173 e. The quantitative estimate of drug-likeness (QED) is 0.626. The molecule has 0 bridgehead atoms. The average molecular weight is 290 g/mol. The zero-order valence-electron chi connectivity index (χ0n) is 10.9. The summed E-state index contributed by atoms with van der Waals surface area (Å²) >= 11 is 7.88. The Morgan fingerprint density at radius 3 is 2.58 bits per heavy atom. The molecule has 2 aromatic heterocycles. The lowest BCUT2D eigenvalue weighted by Gasteiger charge is -2.07. The van der Waals surface area contributed by atoms with Gasteiger partial charge in [-0.05, 0) is 38.0 Å². The number of hydrogen-bond acceptors (Lipinski definition) is 4. The monoisotopic (exact) mass is 289 g/mol. The van der Waals surface area contributed by atoms with Crippen LogP contribution >= 0.6 is 22.9 Å². The van der Waals surface area contributed by atoms with Gasteiger partial charge in [0.1, 0.15) is 5.15 Å². The Labute approximate surface area is 120 Å². The minimum Gasteiger partial charge on any atom is -0.249 e. The van der Waals surface area contributed by atoms with Crippen molar-refractivity contribution in [3.63, 3.8) is 0 Å². The fourth-order valence-corrected chi connectivity index (χ4v) is 3.20. The fourth-order valence-electron chi connectivity index (χ4n) is 2.16. The molecule has 0 saturated heterocycles. The average Bonchev–Trinajstić information content (AvgIpc) is 2.74. The zero-order valence-corrected chi connectivity index (χ0v) is 12.4. The van der Waals surface area contributed by atoms with E-state index < -0.39 is 0 Å². The molecule has 0 unspecified atom stereocenters. The molecule has 19 heavy (non-hydrogen) atoms. The van der Waals surface area contributed by atoms with Gasteiger partial charge in [-0.3, -0.25) is 0 Å². The van der Waals surface area contributed by atoms with Gasteiger partial charge >= 0.3 is 0 Å². The molecule has 96 valence electrons. The largest absolute Gasteiger partial charge is 0.249 e. The topological polar surface area (TPSA) is 38.7 Å². The Morgan fingerprint density at radius 2 is 1.89 bits per heavy atom. The molecule has 0 aliphatic carbocycles. The molecule has 0 saturated carbocycles. The molecular formula is C14H12ClN3S. The second kappa shape index (κ2) is 4.54. The number of hydrogen-bond donors (Lipinski definition) is 0. The van der Waals surface area contributed by atoms with Crippen molar-refractivity contribution < 1.29 is 0 Å². The Kier molecular flexibility index (Phi) is 2.99. The molecule has 2 heterocycles. The molecule has 0 aliphatic heterocycles. The number of nitrogens with zero attached hydrogens (tertiary/aromatic N) is 3. The third-order valence-corrected chi connectivity index (χ3v) is 4.12. The third-order valence-electron chi connectivity index (χ3n) is 2.94. The maximum absolute atomic E-state index is 6.31. The van der Waals surface area contributed by atoms with E-state index in [1.165, 1.54) is 5.56 Å². The van der Waals surface area contributed by atoms with Gasteiger partial charge < -0.3 is 0 Å². The highest BCUT2D eigenvalue weighted by Gasteiger charge is 2.12. The molecule has 3 aromatic rings. The van der Waals surface area contributed by atoms with E-state index in [1.54, 1.807) is 17.5 Å². The number of aromatic nitrogens is 3. The van der Waals surface area contributed by atoms with Crippen LogP contribution in [0, 0.1) is 20.8 Å². The predicted molar refractivity (Wildman–Crippen MR) is 79.9 cm³/mol. The van der Waals surface area contributed by atoms with Crippen LogP contribution in [0.25, 0.3) is 21.6 Å². The van der Waals surface area contributed by atoms with Gasteiger partial charge in [0.25, 0.3) is 0 Å². The van der Waals surface area contributed by atoms with Gasteiger partial charge in [0, 0.05) is 11.6 Å². The summed E-state index contributed by atoms with van der Waals surface area (Å²) in [6.07, 6.45) is 1.79. The van der Waals surface area contributed by atoms with Crippen LogP contribution in [-0.4, -0.2) is 15.0 Å². The van der Waals surface area contributed by atoms with E-state index in [9.17, 15) is 0 Å². The molecule has 0 fully saturated rings. The third kappa shape index (κ3) is 2.22. The van der Waals surface area contributed by atoms with Gasteiger partial charge in [-0.25, -0.2) is 15.0 Å². The van der Waals surface area contributed by atoms with Crippen LogP contribution in [0.5, 0.6) is 0 Å². The Bertz CT molecular complexity index is 780. The van der Waals surface area contributed by atoms with Gasteiger partial charge in [-0.1, -0.05) is 17.7 Å². The molecule has 0 amide bonds. The van der Waals surface area contributed by atoms with Crippen molar-refractivity contribution in [2.24, 2.45) is 0 Å². The van der Waals surface area contributed by atoms with E-state index in [1.807, 2.05) is 19.9 Å². The van der Waals surface area contributed by atoms with Crippen molar-refractivity contribution >= 4 is 33.8 Å². The van der Waals surface area contributed by atoms with Crippen molar-refractivity contribution in [3.8, 4) is 10.7 Å². The number of benzene rings is 1. The van der Waals surface area contributed by atoms with E-state index in [2.05, 4.69) is 27.9 Å². The molecule has 0 radical (unpaired) electrons. The highest BCUT2D eigenvalue weighted by Crippen LogP contribution is 2.30. The lowest BCUT2D eigenvalue weighted by Crippen LogP contribution is -1.93. The van der Waals surface area contributed by atoms with E-state index in [4.69, 9.17) is 11.6 Å². The van der Waals surface area contributed by atoms with Crippen molar-refractivity contribution in [2.45, 2.75) is 20.8 Å². The van der Waals surface area contributed by atoms with Crippen LogP contribution in [0.2, 0.25) is 5.15 Å². The van der Waals surface area contributed by atoms with Crippen LogP contribution < -0.4 is 0 Å². The minimum atomic E-state index is 0.503. The van der Waals surface area contributed by atoms with Crippen LogP contribution in [0.1, 0.15) is 16.1 Å². The number of rotatable bonds is 1. The zero-order chi connectivity index (χ0) is 13.6. The highest BCUT2D eigenvalue weighted by molar-refractivity contribution is 7.14. The summed E-state index contributed by atoms with van der Waals surface area (Å²) in [5.74, 6) is 0.646. The Balaban J connectivity index is 2.30. The van der Waals surface area contributed by atoms with Gasteiger partial charge in [0.2, 0.25) is 0 Å². The first-order chi connectivity index (χ1) is 9.04. The lowest BCUT2D eigenvalue weighted by atomic mass is 10.1. The number of fused-ring (bicyclic) bond motifs is 1. The van der Waals surface area contributed by atoms with Gasteiger partial charge in [0.05, 0.1) is 15.4 Å². The summed E-state index contributed by atoms with van der Waals surface area (Å²) < 4.78 is 0. The summed E-state index contributed by atoms with van der Waals surface area (Å²) in [4.78, 5) is 14.2. The van der Waals surface area contributed by atoms with Crippen molar-refractivity contribution in [1.82, 2.24) is 15.0 Å². The van der Waals surface area contributed by atoms with Crippen LogP contribution in [0.3, 0.4) is 0 Å². The van der Waals surface area contributed by atoms with E-state index in [0.29, 0.717) is 11.0 Å². The van der Waals surface area contributed by atoms with Crippen molar-refractivity contribution in [2.75, 3.05) is 0 Å². The molecule has 0 spiro atoms. The summed E-state index contributed by atoms with van der Waals surface area (Å²) in [5.41, 5.74) is 3.16. The molecule has 5 heteroatoms. The first kappa shape index (κ1) is 12.5. The van der Waals surface area contributed by atoms with Crippen LogP contribution in [0.15, 0.2) is 18.3 Å². The normalized spacial score (nSPS) is 11.2. The molecular weight excluding hydrogens is 278 g/mol. The van der Waals surface area contributed by atoms with Gasteiger partial charge in [0.15, 0.2) is 5.82 Å². The van der Waals surface area contributed by atoms with Crippen molar-refractivity contribution in [3.05, 3.63) is 39.6 Å². The van der Waals surface area contributed by atoms with Crippen molar-refractivity contribution in [1.29, 1.82) is 0 Å². The van der Waals surface area contributed by atoms with E-state index in [-0.39, 0.29) is 0 Å². The molecule has 0 N–H and O–H groups in total. The first-order valence-corrected chi connectivity index (χ1v) is 7.11. The SMILES string of the molecule is Cc1cc(C)c2c(Cl)nc(-c3cnc(C)s3)nc2c1.